The van der Waals surface area contributed by atoms with Gasteiger partial charge in [-0.05, 0) is 29.9 Å². The quantitative estimate of drug-likeness (QED) is 0.762. The first-order chi connectivity index (χ1) is 9.78. The Bertz CT molecular complexity index is 414. The molecule has 0 aliphatic carbocycles. The number of carbonyl (C=O) groups is 1. The number of ether oxygens (including phenoxy) is 1. The van der Waals surface area contributed by atoms with Gasteiger partial charge in [-0.3, -0.25) is 0 Å². The van der Waals surface area contributed by atoms with E-state index in [4.69, 9.17) is 9.84 Å². The number of aliphatic hydroxyl groups excluding tert-OH is 1. The van der Waals surface area contributed by atoms with Crippen molar-refractivity contribution in [1.82, 2.24) is 10.6 Å². The summed E-state index contributed by atoms with van der Waals surface area (Å²) in [6, 6.07) is 7.39. The summed E-state index contributed by atoms with van der Waals surface area (Å²) in [6.45, 7) is 2.83. The van der Waals surface area contributed by atoms with E-state index in [0.29, 0.717) is 19.0 Å². The van der Waals surface area contributed by atoms with E-state index in [1.165, 1.54) is 0 Å². The van der Waals surface area contributed by atoms with Crippen molar-refractivity contribution in [1.29, 1.82) is 0 Å². The summed E-state index contributed by atoms with van der Waals surface area (Å²) < 4.78 is 5.28. The van der Waals surface area contributed by atoms with Gasteiger partial charge < -0.3 is 20.5 Å². The summed E-state index contributed by atoms with van der Waals surface area (Å²) in [6.07, 6.45) is 2.03. The molecule has 1 aromatic carbocycles. The van der Waals surface area contributed by atoms with Crippen LogP contribution in [0.2, 0.25) is 0 Å². The maximum atomic E-state index is 11.7. The highest BCUT2D eigenvalue weighted by atomic mass is 16.5. The average molecular weight is 278 g/mol. The van der Waals surface area contributed by atoms with Crippen LogP contribution >= 0.6 is 0 Å². The van der Waals surface area contributed by atoms with Crippen LogP contribution in [0, 0.1) is 5.92 Å². The van der Waals surface area contributed by atoms with Gasteiger partial charge in [0.05, 0.1) is 6.61 Å². The van der Waals surface area contributed by atoms with E-state index >= 15 is 0 Å². The van der Waals surface area contributed by atoms with Crippen LogP contribution in [0.3, 0.4) is 0 Å². The average Bonchev–Trinajstić information content (AvgIpc) is 2.52. The lowest BCUT2D eigenvalue weighted by Crippen LogP contribution is -2.39. The van der Waals surface area contributed by atoms with Crippen LogP contribution in [-0.4, -0.2) is 30.9 Å². The monoisotopic (exact) mass is 278 g/mol. The van der Waals surface area contributed by atoms with Gasteiger partial charge >= 0.3 is 6.03 Å². The van der Waals surface area contributed by atoms with Gasteiger partial charge in [0.2, 0.25) is 0 Å². The van der Waals surface area contributed by atoms with Crippen molar-refractivity contribution in [3.8, 4) is 0 Å². The smallest absolute Gasteiger partial charge is 0.315 e. The standard InChI is InChI=1S/C15H22N2O3/c18-11-14-3-1-12(2-4-14)9-16-15(19)17-10-13-5-7-20-8-6-13/h1-4,13,18H,5-11H2,(H2,16,17,19). The number of rotatable bonds is 5. The number of carbonyl (C=O) groups excluding carboxylic acids is 1. The summed E-state index contributed by atoms with van der Waals surface area (Å²) in [4.78, 5) is 11.7. The van der Waals surface area contributed by atoms with E-state index in [2.05, 4.69) is 10.6 Å². The molecule has 0 aromatic heterocycles. The van der Waals surface area contributed by atoms with Crippen molar-refractivity contribution in [3.05, 3.63) is 35.4 Å². The Balaban J connectivity index is 1.66. The van der Waals surface area contributed by atoms with Crippen LogP contribution in [0.5, 0.6) is 0 Å². The Labute approximate surface area is 119 Å². The Morgan fingerprint density at radius 3 is 2.45 bits per heavy atom. The molecule has 5 nitrogen and oxygen atoms in total. The molecule has 1 saturated heterocycles. The van der Waals surface area contributed by atoms with Crippen molar-refractivity contribution in [3.63, 3.8) is 0 Å². The molecule has 3 N–H and O–H groups in total. The minimum absolute atomic E-state index is 0.0410. The SMILES string of the molecule is O=C(NCc1ccc(CO)cc1)NCC1CCOCC1. The summed E-state index contributed by atoms with van der Waals surface area (Å²) in [5, 5.41) is 14.7. The second-order valence-electron chi connectivity index (χ2n) is 5.09. The van der Waals surface area contributed by atoms with Crippen molar-refractivity contribution in [2.75, 3.05) is 19.8 Å². The third-order valence-corrected chi connectivity index (χ3v) is 3.55. The maximum absolute atomic E-state index is 11.7. The molecule has 0 spiro atoms. The maximum Gasteiger partial charge on any atom is 0.315 e. The lowest BCUT2D eigenvalue weighted by molar-refractivity contribution is 0.0669. The molecular weight excluding hydrogens is 256 g/mol. The molecule has 0 radical (unpaired) electrons. The fourth-order valence-electron chi connectivity index (χ4n) is 2.19. The molecule has 5 heteroatoms. The number of amides is 2. The van der Waals surface area contributed by atoms with Crippen LogP contribution in [0.1, 0.15) is 24.0 Å². The van der Waals surface area contributed by atoms with E-state index < -0.39 is 0 Å². The molecule has 0 atom stereocenters. The highest BCUT2D eigenvalue weighted by Crippen LogP contribution is 2.13. The Hall–Kier alpha value is -1.59. The normalized spacial score (nSPS) is 15.8. The van der Waals surface area contributed by atoms with Crippen molar-refractivity contribution in [2.45, 2.75) is 26.0 Å². The third kappa shape index (κ3) is 4.83. The Morgan fingerprint density at radius 2 is 1.80 bits per heavy atom. The second kappa shape index (κ2) is 7.87. The van der Waals surface area contributed by atoms with E-state index in [0.717, 1.165) is 37.2 Å². The van der Waals surface area contributed by atoms with Gasteiger partial charge in [-0.15, -0.1) is 0 Å². The first kappa shape index (κ1) is 14.8. The third-order valence-electron chi connectivity index (χ3n) is 3.55. The molecule has 0 saturated carbocycles. The molecule has 20 heavy (non-hydrogen) atoms. The Kier molecular flexibility index (Phi) is 5.83. The number of hydrogen-bond acceptors (Lipinski definition) is 3. The predicted octanol–water partition coefficient (Wildman–Crippen LogP) is 1.40. The van der Waals surface area contributed by atoms with Crippen LogP contribution in [-0.2, 0) is 17.9 Å². The Morgan fingerprint density at radius 1 is 1.15 bits per heavy atom. The van der Waals surface area contributed by atoms with E-state index in [-0.39, 0.29) is 12.6 Å². The lowest BCUT2D eigenvalue weighted by Gasteiger charge is -2.22. The van der Waals surface area contributed by atoms with Crippen molar-refractivity contribution in [2.24, 2.45) is 5.92 Å². The molecule has 2 rings (SSSR count). The molecule has 2 amide bonds. The molecule has 1 heterocycles. The summed E-state index contributed by atoms with van der Waals surface area (Å²) >= 11 is 0. The molecule has 1 aromatic rings. The summed E-state index contributed by atoms with van der Waals surface area (Å²) in [5.41, 5.74) is 1.89. The van der Waals surface area contributed by atoms with E-state index in [1.807, 2.05) is 24.3 Å². The number of hydrogen-bond donors (Lipinski definition) is 3. The van der Waals surface area contributed by atoms with Gasteiger partial charge in [0, 0.05) is 26.3 Å². The van der Waals surface area contributed by atoms with Crippen LogP contribution < -0.4 is 10.6 Å². The molecule has 1 aliphatic rings. The van der Waals surface area contributed by atoms with Gasteiger partial charge in [0.15, 0.2) is 0 Å². The van der Waals surface area contributed by atoms with Gasteiger partial charge in [0.1, 0.15) is 0 Å². The van der Waals surface area contributed by atoms with Crippen LogP contribution in [0.25, 0.3) is 0 Å². The van der Waals surface area contributed by atoms with Crippen molar-refractivity contribution < 1.29 is 14.6 Å². The second-order valence-corrected chi connectivity index (χ2v) is 5.09. The van der Waals surface area contributed by atoms with Crippen LogP contribution in [0.15, 0.2) is 24.3 Å². The zero-order valence-corrected chi connectivity index (χ0v) is 11.6. The zero-order chi connectivity index (χ0) is 14.2. The van der Waals surface area contributed by atoms with Crippen LogP contribution in [0.4, 0.5) is 4.79 Å². The fourth-order valence-corrected chi connectivity index (χ4v) is 2.19. The minimum atomic E-state index is -0.136. The summed E-state index contributed by atoms with van der Waals surface area (Å²) in [7, 11) is 0. The first-order valence-corrected chi connectivity index (χ1v) is 7.06. The van der Waals surface area contributed by atoms with Gasteiger partial charge in [0.25, 0.3) is 0 Å². The first-order valence-electron chi connectivity index (χ1n) is 7.06. The molecular formula is C15H22N2O3. The number of urea groups is 1. The number of aliphatic hydroxyl groups is 1. The predicted molar refractivity (Wildman–Crippen MR) is 76.1 cm³/mol. The number of benzene rings is 1. The molecule has 1 fully saturated rings. The highest BCUT2D eigenvalue weighted by Gasteiger charge is 2.14. The molecule has 110 valence electrons. The molecule has 0 unspecified atom stereocenters. The lowest BCUT2D eigenvalue weighted by atomic mass is 10.0. The summed E-state index contributed by atoms with van der Waals surface area (Å²) in [5.74, 6) is 0.526. The molecule has 1 aliphatic heterocycles. The minimum Gasteiger partial charge on any atom is -0.392 e. The topological polar surface area (TPSA) is 70.6 Å². The van der Waals surface area contributed by atoms with Gasteiger partial charge in [-0.25, -0.2) is 4.79 Å². The van der Waals surface area contributed by atoms with Crippen molar-refractivity contribution >= 4 is 6.03 Å². The van der Waals surface area contributed by atoms with E-state index in [1.54, 1.807) is 0 Å². The highest BCUT2D eigenvalue weighted by molar-refractivity contribution is 5.73. The van der Waals surface area contributed by atoms with Gasteiger partial charge in [-0.2, -0.15) is 0 Å². The number of nitrogens with one attached hydrogen (secondary N) is 2. The largest absolute Gasteiger partial charge is 0.392 e. The molecule has 0 bridgehead atoms. The fraction of sp³-hybridized carbons (Fsp3) is 0.533. The zero-order valence-electron chi connectivity index (χ0n) is 11.6. The van der Waals surface area contributed by atoms with Gasteiger partial charge in [-0.1, -0.05) is 24.3 Å². The van der Waals surface area contributed by atoms with E-state index in [9.17, 15) is 4.79 Å².